The summed E-state index contributed by atoms with van der Waals surface area (Å²) in [4.78, 5) is 14.1. The highest BCUT2D eigenvalue weighted by Crippen LogP contribution is 2.49. The Morgan fingerprint density at radius 3 is 2.60 bits per heavy atom. The van der Waals surface area contributed by atoms with E-state index in [1.807, 2.05) is 30.0 Å². The fourth-order valence-electron chi connectivity index (χ4n) is 4.87. The van der Waals surface area contributed by atoms with Crippen LogP contribution in [0.5, 0.6) is 5.75 Å². The molecule has 4 nitrogen and oxygen atoms in total. The number of carbonyl (C=O) groups excluding carboxylic acids is 1. The SMILES string of the molecule is COC(=O)[C@@H](C)CN1[C@H](C)CC2=C(Cc3ccccc32)[C@H]1c1c(F)cc(O)cc1F. The topological polar surface area (TPSA) is 49.8 Å². The zero-order valence-electron chi connectivity index (χ0n) is 17.3. The molecule has 6 heteroatoms. The van der Waals surface area contributed by atoms with Crippen LogP contribution in [0.3, 0.4) is 0 Å². The van der Waals surface area contributed by atoms with Gasteiger partial charge in [-0.15, -0.1) is 0 Å². The monoisotopic (exact) mass is 413 g/mol. The average Bonchev–Trinajstić information content (AvgIpc) is 3.06. The largest absolute Gasteiger partial charge is 0.508 e. The van der Waals surface area contributed by atoms with Gasteiger partial charge in [-0.25, -0.2) is 8.78 Å². The third kappa shape index (κ3) is 3.39. The van der Waals surface area contributed by atoms with Crippen molar-refractivity contribution in [2.45, 2.75) is 38.8 Å². The van der Waals surface area contributed by atoms with E-state index in [2.05, 4.69) is 6.07 Å². The van der Waals surface area contributed by atoms with E-state index in [0.717, 1.165) is 40.8 Å². The highest BCUT2D eigenvalue weighted by molar-refractivity contribution is 5.79. The number of esters is 1. The third-order valence-corrected chi connectivity index (χ3v) is 6.26. The molecular weight excluding hydrogens is 388 g/mol. The zero-order chi connectivity index (χ0) is 21.6. The van der Waals surface area contributed by atoms with Crippen LogP contribution in [0.25, 0.3) is 5.57 Å². The van der Waals surface area contributed by atoms with Gasteiger partial charge in [0.05, 0.1) is 19.1 Å². The molecule has 2 aromatic carbocycles. The highest BCUT2D eigenvalue weighted by Gasteiger charge is 2.42. The molecule has 4 rings (SSSR count). The molecule has 0 amide bonds. The number of phenols is 1. The van der Waals surface area contributed by atoms with Gasteiger partial charge in [0.1, 0.15) is 17.4 Å². The van der Waals surface area contributed by atoms with E-state index in [1.165, 1.54) is 7.11 Å². The molecular formula is C24H25F2NO3. The Hall–Kier alpha value is -2.73. The number of phenolic OH excluding ortho intramolecular Hbond substituents is 1. The first-order valence-corrected chi connectivity index (χ1v) is 10.1. The Morgan fingerprint density at radius 1 is 1.27 bits per heavy atom. The number of hydrogen-bond donors (Lipinski definition) is 1. The number of aromatic hydroxyl groups is 1. The molecule has 0 spiro atoms. The van der Waals surface area contributed by atoms with Gasteiger partial charge >= 0.3 is 5.97 Å². The maximum atomic E-state index is 15.0. The summed E-state index contributed by atoms with van der Waals surface area (Å²) in [6.45, 7) is 4.08. The molecule has 0 aromatic heterocycles. The molecule has 30 heavy (non-hydrogen) atoms. The van der Waals surface area contributed by atoms with E-state index >= 15 is 8.78 Å². The molecule has 158 valence electrons. The molecule has 1 heterocycles. The summed E-state index contributed by atoms with van der Waals surface area (Å²) in [5.41, 5.74) is 4.26. The van der Waals surface area contributed by atoms with E-state index in [0.29, 0.717) is 13.0 Å². The molecule has 0 fully saturated rings. The molecule has 0 unspecified atom stereocenters. The summed E-state index contributed by atoms with van der Waals surface area (Å²) < 4.78 is 34.9. The van der Waals surface area contributed by atoms with Crippen LogP contribution in [0, 0.1) is 17.6 Å². The second-order valence-corrected chi connectivity index (χ2v) is 8.24. The van der Waals surface area contributed by atoms with Crippen LogP contribution in [0.15, 0.2) is 42.0 Å². The summed E-state index contributed by atoms with van der Waals surface area (Å²) in [6, 6.07) is 9.22. The van der Waals surface area contributed by atoms with E-state index in [-0.39, 0.29) is 17.6 Å². The Bertz CT molecular complexity index is 1010. The van der Waals surface area contributed by atoms with Gasteiger partial charge in [-0.2, -0.15) is 0 Å². The molecule has 3 atom stereocenters. The van der Waals surface area contributed by atoms with Gasteiger partial charge in [0, 0.05) is 30.3 Å². The fraction of sp³-hybridized carbons (Fsp3) is 0.375. The van der Waals surface area contributed by atoms with Gasteiger partial charge in [0.25, 0.3) is 0 Å². The predicted molar refractivity (Wildman–Crippen MR) is 110 cm³/mol. The lowest BCUT2D eigenvalue weighted by Crippen LogP contribution is -2.45. The molecule has 1 aliphatic heterocycles. The van der Waals surface area contributed by atoms with E-state index in [9.17, 15) is 9.90 Å². The molecule has 0 radical (unpaired) electrons. The smallest absolute Gasteiger partial charge is 0.309 e. The number of fused-ring (bicyclic) bond motifs is 2. The third-order valence-electron chi connectivity index (χ3n) is 6.26. The lowest BCUT2D eigenvalue weighted by atomic mass is 9.84. The quantitative estimate of drug-likeness (QED) is 0.743. The van der Waals surface area contributed by atoms with Crippen molar-refractivity contribution in [3.05, 3.63) is 70.3 Å². The Morgan fingerprint density at radius 2 is 1.93 bits per heavy atom. The van der Waals surface area contributed by atoms with Gasteiger partial charge in [-0.1, -0.05) is 31.2 Å². The number of hydrogen-bond acceptors (Lipinski definition) is 4. The van der Waals surface area contributed by atoms with Gasteiger partial charge < -0.3 is 9.84 Å². The minimum atomic E-state index is -0.787. The van der Waals surface area contributed by atoms with Gasteiger partial charge in [-0.3, -0.25) is 9.69 Å². The van der Waals surface area contributed by atoms with Crippen LogP contribution in [0.2, 0.25) is 0 Å². The summed E-state index contributed by atoms with van der Waals surface area (Å²) in [5.74, 6) is -2.83. The standard InChI is InChI=1S/C24H25F2NO3/c1-13(24(29)30-3)12-27-14(2)8-18-17-7-5-4-6-15(17)9-19(18)23(27)22-20(25)10-16(28)11-21(22)26/h4-7,10-11,13-14,23,28H,8-9,12H2,1-3H3/t13-,14+,23-/m0/s1. The van der Waals surface area contributed by atoms with Crippen molar-refractivity contribution >= 4 is 11.5 Å². The molecule has 2 aromatic rings. The first-order valence-electron chi connectivity index (χ1n) is 10.1. The van der Waals surface area contributed by atoms with Crippen molar-refractivity contribution in [3.8, 4) is 5.75 Å². The predicted octanol–water partition coefficient (Wildman–Crippen LogP) is 4.62. The molecule has 0 bridgehead atoms. The van der Waals surface area contributed by atoms with Crippen molar-refractivity contribution in [1.29, 1.82) is 0 Å². The van der Waals surface area contributed by atoms with E-state index in [1.54, 1.807) is 6.92 Å². The maximum absolute atomic E-state index is 15.0. The van der Waals surface area contributed by atoms with Crippen molar-refractivity contribution in [3.63, 3.8) is 0 Å². The minimum Gasteiger partial charge on any atom is -0.508 e. The normalized spacial score (nSPS) is 21.9. The van der Waals surface area contributed by atoms with Crippen LogP contribution >= 0.6 is 0 Å². The molecule has 1 N–H and O–H groups in total. The van der Waals surface area contributed by atoms with Crippen molar-refractivity contribution in [2.24, 2.45) is 5.92 Å². The van der Waals surface area contributed by atoms with Crippen LogP contribution < -0.4 is 0 Å². The number of halogens is 2. The molecule has 1 aliphatic carbocycles. The lowest BCUT2D eigenvalue weighted by molar-refractivity contribution is -0.145. The second kappa shape index (κ2) is 7.84. The molecule has 0 saturated carbocycles. The summed E-state index contributed by atoms with van der Waals surface area (Å²) in [7, 11) is 1.34. The number of carbonyl (C=O) groups is 1. The maximum Gasteiger partial charge on any atom is 0.309 e. The summed E-state index contributed by atoms with van der Waals surface area (Å²) in [6.07, 6.45) is 1.34. The number of ether oxygens (including phenoxy) is 1. The second-order valence-electron chi connectivity index (χ2n) is 8.24. The number of nitrogens with zero attached hydrogens (tertiary/aromatic N) is 1. The summed E-state index contributed by atoms with van der Waals surface area (Å²) in [5, 5.41) is 9.65. The Labute approximate surface area is 174 Å². The van der Waals surface area contributed by atoms with E-state index < -0.39 is 29.3 Å². The lowest BCUT2D eigenvalue weighted by Gasteiger charge is -2.43. The average molecular weight is 413 g/mol. The van der Waals surface area contributed by atoms with Crippen molar-refractivity contribution < 1.29 is 23.4 Å². The zero-order valence-corrected chi connectivity index (χ0v) is 17.3. The first-order chi connectivity index (χ1) is 14.3. The van der Waals surface area contributed by atoms with Crippen LogP contribution in [-0.4, -0.2) is 35.7 Å². The van der Waals surface area contributed by atoms with Crippen LogP contribution in [0.1, 0.15) is 43.0 Å². The Kier molecular flexibility index (Phi) is 5.36. The van der Waals surface area contributed by atoms with E-state index in [4.69, 9.17) is 4.74 Å². The molecule has 0 saturated heterocycles. The van der Waals surface area contributed by atoms with Crippen LogP contribution in [-0.2, 0) is 16.0 Å². The number of rotatable bonds is 4. The van der Waals surface area contributed by atoms with Crippen LogP contribution in [0.4, 0.5) is 8.78 Å². The fourth-order valence-corrected chi connectivity index (χ4v) is 4.87. The van der Waals surface area contributed by atoms with Gasteiger partial charge in [0.2, 0.25) is 0 Å². The number of benzene rings is 2. The van der Waals surface area contributed by atoms with Gasteiger partial charge in [-0.05, 0) is 42.0 Å². The van der Waals surface area contributed by atoms with Crippen molar-refractivity contribution in [2.75, 3.05) is 13.7 Å². The summed E-state index contributed by atoms with van der Waals surface area (Å²) >= 11 is 0. The molecule has 2 aliphatic rings. The first kappa shape index (κ1) is 20.5. The Balaban J connectivity index is 1.85. The minimum absolute atomic E-state index is 0.0420. The van der Waals surface area contributed by atoms with Gasteiger partial charge in [0.15, 0.2) is 0 Å². The van der Waals surface area contributed by atoms with Crippen molar-refractivity contribution in [1.82, 2.24) is 4.90 Å². The highest BCUT2D eigenvalue weighted by atomic mass is 19.1. The number of methoxy groups -OCH3 is 1.